The van der Waals surface area contributed by atoms with E-state index < -0.39 is 5.97 Å². The average molecular weight is 296 g/mol. The number of hydrogen-bond donors (Lipinski definition) is 2. The van der Waals surface area contributed by atoms with Crippen molar-refractivity contribution in [3.05, 3.63) is 21.9 Å². The summed E-state index contributed by atoms with van der Waals surface area (Å²) in [5, 5.41) is 12.3. The molecule has 0 amide bonds. The third kappa shape index (κ3) is 3.81. The van der Waals surface area contributed by atoms with Crippen LogP contribution in [0.4, 0.5) is 0 Å². The van der Waals surface area contributed by atoms with Crippen LogP contribution in [-0.2, 0) is 17.8 Å². The molecule has 1 saturated carbocycles. The van der Waals surface area contributed by atoms with Gasteiger partial charge in [0.1, 0.15) is 0 Å². The summed E-state index contributed by atoms with van der Waals surface area (Å²) >= 11 is 1.59. The highest BCUT2D eigenvalue weighted by Gasteiger charge is 2.35. The zero-order chi connectivity index (χ0) is 14.6. The van der Waals surface area contributed by atoms with Crippen LogP contribution < -0.4 is 5.32 Å². The number of nitrogens with one attached hydrogen (secondary N) is 1. The molecule has 0 radical (unpaired) electrons. The predicted molar refractivity (Wildman–Crippen MR) is 82.3 cm³/mol. The molecule has 1 aromatic heterocycles. The predicted octanol–water partition coefficient (Wildman–Crippen LogP) is 2.34. The third-order valence-corrected chi connectivity index (χ3v) is 5.36. The van der Waals surface area contributed by atoms with E-state index in [1.54, 1.807) is 11.3 Å². The molecule has 1 aromatic rings. The molecule has 0 aromatic carbocycles. The van der Waals surface area contributed by atoms with E-state index in [4.69, 9.17) is 5.11 Å². The number of likely N-dealkylation sites (N-methyl/N-ethyl adjacent to an activating group) is 1. The lowest BCUT2D eigenvalue weighted by Crippen LogP contribution is -2.49. The van der Waals surface area contributed by atoms with Crippen molar-refractivity contribution in [2.75, 3.05) is 20.6 Å². The molecule has 1 fully saturated rings. The summed E-state index contributed by atoms with van der Waals surface area (Å²) in [4.78, 5) is 15.2. The van der Waals surface area contributed by atoms with Crippen LogP contribution in [0.1, 0.15) is 35.4 Å². The number of thiophene rings is 1. The number of rotatable bonds is 7. The molecule has 1 aliphatic rings. The molecule has 0 atom stereocenters. The third-order valence-electron chi connectivity index (χ3n) is 4.28. The number of hydrogen-bond acceptors (Lipinski definition) is 4. The number of carboxylic acids is 1. The van der Waals surface area contributed by atoms with E-state index in [0.29, 0.717) is 5.54 Å². The highest BCUT2D eigenvalue weighted by Crippen LogP contribution is 2.33. The van der Waals surface area contributed by atoms with Gasteiger partial charge in [-0.15, -0.1) is 11.3 Å². The minimum Gasteiger partial charge on any atom is -0.481 e. The maximum absolute atomic E-state index is 10.7. The van der Waals surface area contributed by atoms with Crippen LogP contribution >= 0.6 is 11.3 Å². The molecule has 0 aliphatic heterocycles. The maximum Gasteiger partial charge on any atom is 0.308 e. The fraction of sp³-hybridized carbons (Fsp3) is 0.667. The first-order valence-electron chi connectivity index (χ1n) is 7.19. The topological polar surface area (TPSA) is 52.6 Å². The highest BCUT2D eigenvalue weighted by molar-refractivity contribution is 7.12. The molecule has 2 rings (SSSR count). The van der Waals surface area contributed by atoms with Gasteiger partial charge in [0.25, 0.3) is 0 Å². The standard InChI is InChI=1S/C15H24N2O2S/c1-17(2)15(7-3-4-8-15)11-16-10-13-6-5-12(20-13)9-14(18)19/h5-6,16H,3-4,7-11H2,1-2H3,(H,18,19). The summed E-state index contributed by atoms with van der Waals surface area (Å²) in [6.07, 6.45) is 5.30. The first-order chi connectivity index (χ1) is 9.52. The molecule has 1 heterocycles. The fourth-order valence-corrected chi connectivity index (χ4v) is 3.97. The van der Waals surface area contributed by atoms with Gasteiger partial charge in [-0.3, -0.25) is 4.79 Å². The van der Waals surface area contributed by atoms with Gasteiger partial charge < -0.3 is 15.3 Å². The van der Waals surface area contributed by atoms with Gasteiger partial charge in [0.05, 0.1) is 6.42 Å². The highest BCUT2D eigenvalue weighted by atomic mass is 32.1. The summed E-state index contributed by atoms with van der Waals surface area (Å²) in [7, 11) is 4.34. The van der Waals surface area contributed by atoms with Crippen molar-refractivity contribution < 1.29 is 9.90 Å². The Kier molecular flexibility index (Phi) is 5.18. The largest absolute Gasteiger partial charge is 0.481 e. The quantitative estimate of drug-likeness (QED) is 0.811. The minimum atomic E-state index is -0.760. The van der Waals surface area contributed by atoms with Crippen molar-refractivity contribution in [3.63, 3.8) is 0 Å². The second-order valence-electron chi connectivity index (χ2n) is 5.87. The Morgan fingerprint density at radius 3 is 2.60 bits per heavy atom. The van der Waals surface area contributed by atoms with E-state index >= 15 is 0 Å². The molecule has 20 heavy (non-hydrogen) atoms. The molecular weight excluding hydrogens is 272 g/mol. The molecule has 4 nitrogen and oxygen atoms in total. The fourth-order valence-electron chi connectivity index (χ4n) is 2.99. The average Bonchev–Trinajstić information content (AvgIpc) is 2.99. The number of carboxylic acid groups (broad SMARTS) is 1. The van der Waals surface area contributed by atoms with Crippen molar-refractivity contribution in [2.24, 2.45) is 0 Å². The summed E-state index contributed by atoms with van der Waals surface area (Å²) in [6.45, 7) is 1.84. The zero-order valence-corrected chi connectivity index (χ0v) is 13.1. The molecule has 0 bridgehead atoms. The van der Waals surface area contributed by atoms with E-state index in [2.05, 4.69) is 24.3 Å². The van der Waals surface area contributed by atoms with E-state index in [1.165, 1.54) is 30.6 Å². The van der Waals surface area contributed by atoms with Crippen LogP contribution in [0.3, 0.4) is 0 Å². The summed E-state index contributed by atoms with van der Waals surface area (Å²) in [5.41, 5.74) is 0.307. The van der Waals surface area contributed by atoms with Gasteiger partial charge >= 0.3 is 5.97 Å². The van der Waals surface area contributed by atoms with E-state index in [1.807, 2.05) is 12.1 Å². The second-order valence-corrected chi connectivity index (χ2v) is 7.12. The Labute approximate surface area is 124 Å². The van der Waals surface area contributed by atoms with Gasteiger partial charge in [0.2, 0.25) is 0 Å². The second kappa shape index (κ2) is 6.70. The Morgan fingerprint density at radius 1 is 1.35 bits per heavy atom. The Bertz CT molecular complexity index is 450. The van der Waals surface area contributed by atoms with Crippen LogP contribution in [0.5, 0.6) is 0 Å². The Balaban J connectivity index is 1.83. The van der Waals surface area contributed by atoms with Crippen molar-refractivity contribution in [2.45, 2.75) is 44.2 Å². The Hall–Kier alpha value is -0.910. The maximum atomic E-state index is 10.7. The SMILES string of the molecule is CN(C)C1(CNCc2ccc(CC(=O)O)s2)CCCC1. The summed E-state index contributed by atoms with van der Waals surface area (Å²) in [6, 6.07) is 3.96. The van der Waals surface area contributed by atoms with Crippen molar-refractivity contribution in [1.82, 2.24) is 10.2 Å². The van der Waals surface area contributed by atoms with E-state index in [-0.39, 0.29) is 6.42 Å². The Morgan fingerprint density at radius 2 is 2.00 bits per heavy atom. The van der Waals surface area contributed by atoms with Crippen molar-refractivity contribution >= 4 is 17.3 Å². The smallest absolute Gasteiger partial charge is 0.308 e. The van der Waals surface area contributed by atoms with Crippen LogP contribution in [0.2, 0.25) is 0 Å². The summed E-state index contributed by atoms with van der Waals surface area (Å²) < 4.78 is 0. The lowest BCUT2D eigenvalue weighted by molar-refractivity contribution is -0.136. The van der Waals surface area contributed by atoms with Crippen molar-refractivity contribution in [1.29, 1.82) is 0 Å². The first-order valence-corrected chi connectivity index (χ1v) is 8.01. The van der Waals surface area contributed by atoms with E-state index in [9.17, 15) is 4.79 Å². The molecule has 0 saturated heterocycles. The molecule has 2 N–H and O–H groups in total. The number of carbonyl (C=O) groups is 1. The van der Waals surface area contributed by atoms with Crippen molar-refractivity contribution in [3.8, 4) is 0 Å². The lowest BCUT2D eigenvalue weighted by atomic mass is 9.96. The van der Waals surface area contributed by atoms with Gasteiger partial charge in [-0.2, -0.15) is 0 Å². The lowest BCUT2D eigenvalue weighted by Gasteiger charge is -2.36. The molecule has 0 unspecified atom stereocenters. The molecule has 0 spiro atoms. The van der Waals surface area contributed by atoms with Gasteiger partial charge in [0.15, 0.2) is 0 Å². The van der Waals surface area contributed by atoms with Crippen LogP contribution in [0, 0.1) is 0 Å². The number of nitrogens with zero attached hydrogens (tertiary/aromatic N) is 1. The van der Waals surface area contributed by atoms with Gasteiger partial charge in [0, 0.05) is 28.4 Å². The summed E-state index contributed by atoms with van der Waals surface area (Å²) in [5.74, 6) is -0.760. The molecule has 1 aliphatic carbocycles. The van der Waals surface area contributed by atoms with Crippen LogP contribution in [-0.4, -0.2) is 42.2 Å². The zero-order valence-electron chi connectivity index (χ0n) is 12.3. The molecule has 112 valence electrons. The normalized spacial score (nSPS) is 17.8. The molecule has 5 heteroatoms. The first kappa shape index (κ1) is 15.5. The monoisotopic (exact) mass is 296 g/mol. The molecular formula is C15H24N2O2S. The van der Waals surface area contributed by atoms with E-state index in [0.717, 1.165) is 18.0 Å². The van der Waals surface area contributed by atoms with Crippen LogP contribution in [0.25, 0.3) is 0 Å². The van der Waals surface area contributed by atoms with Gasteiger partial charge in [-0.05, 0) is 39.1 Å². The van der Waals surface area contributed by atoms with Gasteiger partial charge in [-0.25, -0.2) is 0 Å². The van der Waals surface area contributed by atoms with Crippen LogP contribution in [0.15, 0.2) is 12.1 Å². The minimum absolute atomic E-state index is 0.131. The number of aliphatic carboxylic acids is 1. The van der Waals surface area contributed by atoms with Gasteiger partial charge in [-0.1, -0.05) is 12.8 Å².